The standard InChI is InChI=1S/C17H20F4N4OS/c1-9(26-4)16-24-10(8-27-16)7-25(3)17(22-2)23-6-11-14(20)12(18)5-13(19)15(11)21/h5,8-9H,6-7H2,1-4H3,(H,22,23). The molecule has 5 nitrogen and oxygen atoms in total. The van der Waals surface area contributed by atoms with Gasteiger partial charge in [-0.3, -0.25) is 4.99 Å². The molecule has 1 unspecified atom stereocenters. The lowest BCUT2D eigenvalue weighted by Crippen LogP contribution is -2.38. The lowest BCUT2D eigenvalue weighted by Gasteiger charge is -2.21. The van der Waals surface area contributed by atoms with E-state index in [1.54, 1.807) is 19.1 Å². The van der Waals surface area contributed by atoms with Crippen molar-refractivity contribution in [2.45, 2.75) is 26.1 Å². The van der Waals surface area contributed by atoms with Crippen LogP contribution >= 0.6 is 11.3 Å². The molecule has 0 spiro atoms. The number of thiazole rings is 1. The molecule has 0 aliphatic carbocycles. The van der Waals surface area contributed by atoms with Crippen LogP contribution in [0.1, 0.15) is 29.3 Å². The Bertz CT molecular complexity index is 801. The minimum absolute atomic E-state index is 0.125. The Morgan fingerprint density at radius 3 is 2.48 bits per heavy atom. The van der Waals surface area contributed by atoms with E-state index in [4.69, 9.17) is 4.74 Å². The number of methoxy groups -OCH3 is 1. The van der Waals surface area contributed by atoms with Gasteiger partial charge in [-0.1, -0.05) is 0 Å². The Hall–Kier alpha value is -2.20. The molecule has 1 aromatic heterocycles. The van der Waals surface area contributed by atoms with Gasteiger partial charge < -0.3 is 15.0 Å². The van der Waals surface area contributed by atoms with E-state index in [0.29, 0.717) is 6.54 Å². The number of nitrogens with zero attached hydrogens (tertiary/aromatic N) is 3. The average Bonchev–Trinajstić information content (AvgIpc) is 3.10. The SMILES string of the molecule is CN=C(NCc1c(F)c(F)cc(F)c1F)N(C)Cc1csc(C(C)OC)n1. The molecule has 0 amide bonds. The van der Waals surface area contributed by atoms with E-state index in [-0.39, 0.29) is 18.1 Å². The van der Waals surface area contributed by atoms with Crippen molar-refractivity contribution in [3.8, 4) is 0 Å². The van der Waals surface area contributed by atoms with Gasteiger partial charge in [-0.25, -0.2) is 22.5 Å². The molecule has 2 rings (SSSR count). The molecule has 27 heavy (non-hydrogen) atoms. The second-order valence-corrected chi connectivity index (χ2v) is 6.65. The fourth-order valence-electron chi connectivity index (χ4n) is 2.33. The number of aromatic nitrogens is 1. The molecular weight excluding hydrogens is 384 g/mol. The first-order chi connectivity index (χ1) is 12.8. The van der Waals surface area contributed by atoms with Gasteiger partial charge in [0, 0.05) is 44.8 Å². The fourth-order valence-corrected chi connectivity index (χ4v) is 3.17. The van der Waals surface area contributed by atoms with Crippen molar-refractivity contribution >= 4 is 17.3 Å². The summed E-state index contributed by atoms with van der Waals surface area (Å²) >= 11 is 1.46. The summed E-state index contributed by atoms with van der Waals surface area (Å²) in [5, 5.41) is 5.39. The predicted molar refractivity (Wildman–Crippen MR) is 95.5 cm³/mol. The van der Waals surface area contributed by atoms with E-state index in [1.165, 1.54) is 18.4 Å². The Kier molecular flexibility index (Phi) is 7.14. The van der Waals surface area contributed by atoms with Gasteiger partial charge in [-0.15, -0.1) is 11.3 Å². The van der Waals surface area contributed by atoms with Crippen molar-refractivity contribution in [3.05, 3.63) is 51.0 Å². The molecule has 1 N–H and O–H groups in total. The number of halogens is 4. The summed E-state index contributed by atoms with van der Waals surface area (Å²) in [6.45, 7) is 1.79. The van der Waals surface area contributed by atoms with E-state index in [1.807, 2.05) is 12.3 Å². The van der Waals surface area contributed by atoms with Gasteiger partial charge in [0.25, 0.3) is 0 Å². The normalized spacial score (nSPS) is 13.0. The van der Waals surface area contributed by atoms with Crippen molar-refractivity contribution in [1.29, 1.82) is 0 Å². The number of hydrogen-bond acceptors (Lipinski definition) is 4. The maximum atomic E-state index is 13.8. The van der Waals surface area contributed by atoms with Gasteiger partial charge >= 0.3 is 0 Å². The Balaban J connectivity index is 2.06. The molecule has 0 fully saturated rings. The number of aliphatic imine (C=N–C) groups is 1. The van der Waals surface area contributed by atoms with Crippen LogP contribution in [0.25, 0.3) is 0 Å². The summed E-state index contributed by atoms with van der Waals surface area (Å²) in [5.74, 6) is -5.48. The van der Waals surface area contributed by atoms with Crippen molar-refractivity contribution in [3.63, 3.8) is 0 Å². The summed E-state index contributed by atoms with van der Waals surface area (Å²) in [4.78, 5) is 10.1. The van der Waals surface area contributed by atoms with Crippen LogP contribution in [0.15, 0.2) is 16.4 Å². The largest absolute Gasteiger partial charge is 0.375 e. The van der Waals surface area contributed by atoms with Crippen LogP contribution in [0, 0.1) is 23.3 Å². The number of ether oxygens (including phenoxy) is 1. The number of rotatable bonds is 6. The van der Waals surface area contributed by atoms with Crippen molar-refractivity contribution in [2.75, 3.05) is 21.2 Å². The van der Waals surface area contributed by atoms with E-state index >= 15 is 0 Å². The Morgan fingerprint density at radius 1 is 1.30 bits per heavy atom. The lowest BCUT2D eigenvalue weighted by molar-refractivity contribution is 0.119. The summed E-state index contributed by atoms with van der Waals surface area (Å²) in [6, 6.07) is 0.177. The Labute approximate surface area is 158 Å². The van der Waals surface area contributed by atoms with Crippen LogP contribution in [0.4, 0.5) is 17.6 Å². The topological polar surface area (TPSA) is 49.8 Å². The molecule has 1 aromatic carbocycles. The molecule has 0 saturated heterocycles. The second kappa shape index (κ2) is 9.14. The van der Waals surface area contributed by atoms with Gasteiger partial charge in [-0.2, -0.15) is 0 Å². The van der Waals surface area contributed by atoms with E-state index in [9.17, 15) is 17.6 Å². The van der Waals surface area contributed by atoms with Gasteiger partial charge in [0.15, 0.2) is 29.2 Å². The highest BCUT2D eigenvalue weighted by atomic mass is 32.1. The van der Waals surface area contributed by atoms with E-state index in [2.05, 4.69) is 15.3 Å². The minimum Gasteiger partial charge on any atom is -0.375 e. The molecule has 148 valence electrons. The zero-order chi connectivity index (χ0) is 20.1. The average molecular weight is 404 g/mol. The van der Waals surface area contributed by atoms with Crippen LogP contribution in [0.2, 0.25) is 0 Å². The van der Waals surface area contributed by atoms with Crippen LogP contribution in [0.5, 0.6) is 0 Å². The first-order valence-corrected chi connectivity index (χ1v) is 8.87. The highest BCUT2D eigenvalue weighted by Crippen LogP contribution is 2.21. The maximum absolute atomic E-state index is 13.8. The number of guanidine groups is 1. The third-order valence-corrected chi connectivity index (χ3v) is 4.92. The first kappa shape index (κ1) is 21.1. The summed E-state index contributed by atoms with van der Waals surface area (Å²) in [6.07, 6.45) is -0.125. The molecule has 1 heterocycles. The Morgan fingerprint density at radius 2 is 1.93 bits per heavy atom. The quantitative estimate of drug-likeness (QED) is 0.346. The van der Waals surface area contributed by atoms with Gasteiger partial charge in [-0.05, 0) is 6.92 Å². The second-order valence-electron chi connectivity index (χ2n) is 5.76. The smallest absolute Gasteiger partial charge is 0.194 e. The van der Waals surface area contributed by atoms with Gasteiger partial charge in [0.2, 0.25) is 0 Å². The lowest BCUT2D eigenvalue weighted by atomic mass is 10.2. The number of nitrogens with one attached hydrogen (secondary N) is 1. The highest BCUT2D eigenvalue weighted by Gasteiger charge is 2.20. The van der Waals surface area contributed by atoms with Crippen LogP contribution in [-0.4, -0.2) is 37.0 Å². The maximum Gasteiger partial charge on any atom is 0.194 e. The summed E-state index contributed by atoms with van der Waals surface area (Å²) in [7, 11) is 4.78. The van der Waals surface area contributed by atoms with Crippen LogP contribution in [-0.2, 0) is 17.8 Å². The predicted octanol–water partition coefficient (Wildman–Crippen LogP) is 3.61. The monoisotopic (exact) mass is 404 g/mol. The molecule has 10 heteroatoms. The molecule has 0 aliphatic heterocycles. The van der Waals surface area contributed by atoms with Crippen molar-refractivity contribution < 1.29 is 22.3 Å². The third kappa shape index (κ3) is 4.95. The zero-order valence-electron chi connectivity index (χ0n) is 15.3. The van der Waals surface area contributed by atoms with Gasteiger partial charge in [0.05, 0.1) is 12.2 Å². The molecule has 2 aromatic rings. The molecule has 0 radical (unpaired) electrons. The minimum atomic E-state index is -1.45. The molecule has 0 aliphatic rings. The zero-order valence-corrected chi connectivity index (χ0v) is 16.1. The summed E-state index contributed by atoms with van der Waals surface area (Å²) < 4.78 is 59.3. The summed E-state index contributed by atoms with van der Waals surface area (Å²) in [5.41, 5.74) is 0.0328. The van der Waals surface area contributed by atoms with Crippen LogP contribution in [0.3, 0.4) is 0 Å². The molecule has 0 bridgehead atoms. The fraction of sp³-hybridized carbons (Fsp3) is 0.412. The molecule has 1 atom stereocenters. The third-order valence-electron chi connectivity index (χ3n) is 3.87. The van der Waals surface area contributed by atoms with E-state index in [0.717, 1.165) is 10.7 Å². The highest BCUT2D eigenvalue weighted by molar-refractivity contribution is 7.09. The number of benzene rings is 1. The van der Waals surface area contributed by atoms with Crippen LogP contribution < -0.4 is 5.32 Å². The van der Waals surface area contributed by atoms with E-state index < -0.39 is 35.4 Å². The van der Waals surface area contributed by atoms with Crippen molar-refractivity contribution in [1.82, 2.24) is 15.2 Å². The molecular formula is C17H20F4N4OS. The first-order valence-electron chi connectivity index (χ1n) is 7.99. The van der Waals surface area contributed by atoms with Crippen molar-refractivity contribution in [2.24, 2.45) is 4.99 Å². The number of hydrogen-bond donors (Lipinski definition) is 1. The molecule has 0 saturated carbocycles. The van der Waals surface area contributed by atoms with Gasteiger partial charge in [0.1, 0.15) is 11.1 Å².